The maximum absolute atomic E-state index is 12.5. The first kappa shape index (κ1) is 21.8. The van der Waals surface area contributed by atoms with Gasteiger partial charge in [-0.25, -0.2) is 4.98 Å². The molecule has 1 saturated heterocycles. The number of nitrogens with one attached hydrogen (secondary N) is 1. The number of rotatable bonds is 7. The highest BCUT2D eigenvalue weighted by molar-refractivity contribution is 7.13. The predicted molar refractivity (Wildman–Crippen MR) is 121 cm³/mol. The quantitative estimate of drug-likeness (QED) is 0.714. The molecule has 0 bridgehead atoms. The molecule has 166 valence electrons. The highest BCUT2D eigenvalue weighted by atomic mass is 32.1. The number of methoxy groups -OCH3 is 1. The van der Waals surface area contributed by atoms with Crippen LogP contribution in [0.5, 0.6) is 5.75 Å². The average Bonchev–Trinajstić information content (AvgIpc) is 3.52. The Morgan fingerprint density at radius 3 is 2.52 bits per heavy atom. The minimum atomic E-state index is -0.147. The third-order valence-electron chi connectivity index (χ3n) is 6.18. The molecule has 2 heterocycles. The molecule has 2 aromatic rings. The summed E-state index contributed by atoms with van der Waals surface area (Å²) in [6.07, 6.45) is 4.50. The molecule has 0 spiro atoms. The van der Waals surface area contributed by atoms with Gasteiger partial charge in [0.15, 0.2) is 0 Å². The normalized spacial score (nSPS) is 17.6. The smallest absolute Gasteiger partial charge is 0.270 e. The van der Waals surface area contributed by atoms with E-state index in [2.05, 4.69) is 15.2 Å². The fourth-order valence-electron chi connectivity index (χ4n) is 4.29. The molecule has 8 heteroatoms. The van der Waals surface area contributed by atoms with Gasteiger partial charge in [0, 0.05) is 56.1 Å². The van der Waals surface area contributed by atoms with Crippen LogP contribution in [-0.4, -0.2) is 73.0 Å². The average molecular weight is 443 g/mol. The van der Waals surface area contributed by atoms with Crippen molar-refractivity contribution in [3.63, 3.8) is 0 Å². The monoisotopic (exact) mass is 442 g/mol. The minimum Gasteiger partial charge on any atom is -0.497 e. The van der Waals surface area contributed by atoms with Crippen LogP contribution in [0, 0.1) is 5.92 Å². The van der Waals surface area contributed by atoms with Crippen molar-refractivity contribution in [1.29, 1.82) is 0 Å². The van der Waals surface area contributed by atoms with Crippen molar-refractivity contribution in [2.45, 2.75) is 25.7 Å². The molecule has 1 saturated carbocycles. The molecule has 7 nitrogen and oxygen atoms in total. The van der Waals surface area contributed by atoms with E-state index >= 15 is 0 Å². The second-order valence-electron chi connectivity index (χ2n) is 8.17. The highest BCUT2D eigenvalue weighted by Crippen LogP contribution is 2.27. The summed E-state index contributed by atoms with van der Waals surface area (Å²) >= 11 is 1.46. The summed E-state index contributed by atoms with van der Waals surface area (Å²) in [4.78, 5) is 33.8. The van der Waals surface area contributed by atoms with E-state index in [4.69, 9.17) is 4.74 Å². The van der Waals surface area contributed by atoms with E-state index in [0.717, 1.165) is 61.9 Å². The molecule has 0 unspecified atom stereocenters. The molecule has 2 fully saturated rings. The Balaban J connectivity index is 1.19. The molecule has 2 amide bonds. The zero-order chi connectivity index (χ0) is 21.6. The van der Waals surface area contributed by atoms with Gasteiger partial charge < -0.3 is 15.0 Å². The number of nitrogens with zero attached hydrogens (tertiary/aromatic N) is 3. The number of carbonyl (C=O) groups excluding carboxylic acids is 2. The highest BCUT2D eigenvalue weighted by Gasteiger charge is 2.29. The molecular formula is C23H30N4O3S. The summed E-state index contributed by atoms with van der Waals surface area (Å²) in [7, 11) is 1.64. The molecule has 31 heavy (non-hydrogen) atoms. The summed E-state index contributed by atoms with van der Waals surface area (Å²) in [5, 5.41) is 5.58. The molecule has 1 aromatic heterocycles. The Kier molecular flexibility index (Phi) is 7.19. The third-order valence-corrected chi connectivity index (χ3v) is 7.07. The summed E-state index contributed by atoms with van der Waals surface area (Å²) in [6.45, 7) is 4.68. The lowest BCUT2D eigenvalue weighted by Crippen LogP contribution is -2.51. The van der Waals surface area contributed by atoms with Crippen LogP contribution in [0.25, 0.3) is 10.6 Å². The SMILES string of the molecule is COc1ccc(-c2nc(C(=O)NCCN3CCN(C(=O)C4CCCC4)CC3)cs2)cc1. The van der Waals surface area contributed by atoms with Gasteiger partial charge in [0.25, 0.3) is 5.91 Å². The Morgan fingerprint density at radius 2 is 1.84 bits per heavy atom. The second-order valence-corrected chi connectivity index (χ2v) is 9.03. The van der Waals surface area contributed by atoms with E-state index in [0.29, 0.717) is 18.1 Å². The first-order chi connectivity index (χ1) is 15.1. The van der Waals surface area contributed by atoms with Crippen LogP contribution in [-0.2, 0) is 4.79 Å². The molecular weight excluding hydrogens is 412 g/mol. The lowest BCUT2D eigenvalue weighted by atomic mass is 10.1. The molecule has 2 aliphatic rings. The van der Waals surface area contributed by atoms with E-state index in [1.54, 1.807) is 12.5 Å². The fourth-order valence-corrected chi connectivity index (χ4v) is 5.09. The van der Waals surface area contributed by atoms with Crippen molar-refractivity contribution in [2.75, 3.05) is 46.4 Å². The number of aromatic nitrogens is 1. The summed E-state index contributed by atoms with van der Waals surface area (Å²) in [5.41, 5.74) is 1.41. The maximum Gasteiger partial charge on any atom is 0.270 e. The van der Waals surface area contributed by atoms with Gasteiger partial charge in [-0.2, -0.15) is 0 Å². The number of piperazine rings is 1. The molecule has 1 aliphatic carbocycles. The number of ether oxygens (including phenoxy) is 1. The van der Waals surface area contributed by atoms with Gasteiger partial charge in [0.05, 0.1) is 7.11 Å². The number of benzene rings is 1. The Labute approximate surface area is 187 Å². The number of carbonyl (C=O) groups is 2. The lowest BCUT2D eigenvalue weighted by molar-refractivity contribution is -0.137. The fraction of sp³-hybridized carbons (Fsp3) is 0.522. The standard InChI is InChI=1S/C23H30N4O3S/c1-30-19-8-6-17(7-9-19)22-25-20(16-31-22)21(28)24-10-11-26-12-14-27(15-13-26)23(29)18-4-2-3-5-18/h6-9,16,18H,2-5,10-15H2,1H3,(H,24,28). The van der Waals surface area contributed by atoms with Gasteiger partial charge >= 0.3 is 0 Å². The van der Waals surface area contributed by atoms with Gasteiger partial charge in [0.1, 0.15) is 16.5 Å². The van der Waals surface area contributed by atoms with Gasteiger partial charge in [-0.1, -0.05) is 12.8 Å². The molecule has 1 aliphatic heterocycles. The first-order valence-electron chi connectivity index (χ1n) is 11.0. The molecule has 4 rings (SSSR count). The van der Waals surface area contributed by atoms with Crippen molar-refractivity contribution in [3.05, 3.63) is 35.3 Å². The van der Waals surface area contributed by atoms with Crippen LogP contribution in [0.4, 0.5) is 0 Å². The van der Waals surface area contributed by atoms with Crippen molar-refractivity contribution in [3.8, 4) is 16.3 Å². The zero-order valence-electron chi connectivity index (χ0n) is 18.0. The van der Waals surface area contributed by atoms with Gasteiger partial charge in [0.2, 0.25) is 5.91 Å². The minimum absolute atomic E-state index is 0.147. The van der Waals surface area contributed by atoms with E-state index in [-0.39, 0.29) is 11.8 Å². The largest absolute Gasteiger partial charge is 0.497 e. The molecule has 1 aromatic carbocycles. The van der Waals surface area contributed by atoms with Gasteiger partial charge in [-0.15, -0.1) is 11.3 Å². The second kappa shape index (κ2) is 10.2. The van der Waals surface area contributed by atoms with Crippen molar-refractivity contribution >= 4 is 23.2 Å². The van der Waals surface area contributed by atoms with Crippen LogP contribution < -0.4 is 10.1 Å². The number of hydrogen-bond acceptors (Lipinski definition) is 6. The zero-order valence-corrected chi connectivity index (χ0v) is 18.8. The van der Waals surface area contributed by atoms with Crippen LogP contribution in [0.15, 0.2) is 29.6 Å². The Bertz CT molecular complexity index is 884. The summed E-state index contributed by atoms with van der Waals surface area (Å²) in [6, 6.07) is 7.65. The molecule has 0 radical (unpaired) electrons. The van der Waals surface area contributed by atoms with Crippen molar-refractivity contribution in [1.82, 2.24) is 20.1 Å². The van der Waals surface area contributed by atoms with Gasteiger partial charge in [-0.3, -0.25) is 14.5 Å². The van der Waals surface area contributed by atoms with E-state index in [1.807, 2.05) is 29.2 Å². The van der Waals surface area contributed by atoms with Crippen molar-refractivity contribution in [2.24, 2.45) is 5.92 Å². The molecule has 1 N–H and O–H groups in total. The predicted octanol–water partition coefficient (Wildman–Crippen LogP) is 2.88. The lowest BCUT2D eigenvalue weighted by Gasteiger charge is -2.36. The van der Waals surface area contributed by atoms with E-state index in [9.17, 15) is 9.59 Å². The third kappa shape index (κ3) is 5.43. The summed E-state index contributed by atoms with van der Waals surface area (Å²) in [5.74, 6) is 1.25. The van der Waals surface area contributed by atoms with Crippen LogP contribution >= 0.6 is 11.3 Å². The maximum atomic E-state index is 12.5. The van der Waals surface area contributed by atoms with Crippen LogP contribution in [0.2, 0.25) is 0 Å². The molecule has 0 atom stereocenters. The topological polar surface area (TPSA) is 74.8 Å². The van der Waals surface area contributed by atoms with E-state index < -0.39 is 0 Å². The number of hydrogen-bond donors (Lipinski definition) is 1. The Morgan fingerprint density at radius 1 is 1.13 bits per heavy atom. The first-order valence-corrected chi connectivity index (χ1v) is 11.9. The van der Waals surface area contributed by atoms with Gasteiger partial charge in [-0.05, 0) is 37.1 Å². The number of thiazole rings is 1. The van der Waals surface area contributed by atoms with Crippen molar-refractivity contribution < 1.29 is 14.3 Å². The summed E-state index contributed by atoms with van der Waals surface area (Å²) < 4.78 is 5.18. The Hall–Kier alpha value is -2.45. The number of amides is 2. The van der Waals surface area contributed by atoms with E-state index in [1.165, 1.54) is 24.2 Å². The van der Waals surface area contributed by atoms with Crippen LogP contribution in [0.3, 0.4) is 0 Å². The van der Waals surface area contributed by atoms with Crippen LogP contribution in [0.1, 0.15) is 36.2 Å².